The van der Waals surface area contributed by atoms with Gasteiger partial charge in [-0.25, -0.2) is 4.39 Å². The van der Waals surface area contributed by atoms with E-state index >= 15 is 0 Å². The van der Waals surface area contributed by atoms with Crippen molar-refractivity contribution in [3.63, 3.8) is 0 Å². The topological polar surface area (TPSA) is 3.24 Å². The van der Waals surface area contributed by atoms with Crippen LogP contribution in [0.3, 0.4) is 0 Å². The minimum Gasteiger partial charge on any atom is -0.307 e. The fourth-order valence-corrected chi connectivity index (χ4v) is 5.47. The highest BCUT2D eigenvalue weighted by molar-refractivity contribution is 14.2. The fraction of sp³-hybridized carbons (Fsp3) is 1.00. The summed E-state index contributed by atoms with van der Waals surface area (Å²) in [5.41, 5.74) is 0.0624. The number of alkyl halides is 4. The van der Waals surface area contributed by atoms with Crippen molar-refractivity contribution in [3.8, 4) is 0 Å². The van der Waals surface area contributed by atoms with Crippen molar-refractivity contribution in [1.29, 1.82) is 0 Å². The Morgan fingerprint density at radius 2 is 1.82 bits per heavy atom. The van der Waals surface area contributed by atoms with Crippen molar-refractivity contribution in [2.45, 2.75) is 35.3 Å². The molecule has 0 heterocycles. The van der Waals surface area contributed by atoms with E-state index in [-0.39, 0.29) is 5.41 Å². The first-order valence-electron chi connectivity index (χ1n) is 5.93. The van der Waals surface area contributed by atoms with Crippen LogP contribution in [0.1, 0.15) is 33.6 Å². The van der Waals surface area contributed by atoms with Crippen LogP contribution in [0.25, 0.3) is 0 Å². The number of halogens is 4. The first kappa shape index (κ1) is 19.1. The summed E-state index contributed by atoms with van der Waals surface area (Å²) in [5.74, 6) is 0.580. The van der Waals surface area contributed by atoms with Crippen molar-refractivity contribution >= 4 is 67.8 Å². The second-order valence-corrected chi connectivity index (χ2v) is 11.7. The third kappa shape index (κ3) is 8.78. The van der Waals surface area contributed by atoms with Gasteiger partial charge in [-0.3, -0.25) is 0 Å². The summed E-state index contributed by atoms with van der Waals surface area (Å²) in [5, 5.41) is 0. The molecule has 0 amide bonds. The molecule has 17 heavy (non-hydrogen) atoms. The van der Waals surface area contributed by atoms with Crippen LogP contribution in [0.5, 0.6) is 0 Å². The molecule has 0 fully saturated rings. The van der Waals surface area contributed by atoms with E-state index in [1.54, 1.807) is 0 Å². The molecule has 0 aliphatic rings. The lowest BCUT2D eigenvalue weighted by molar-refractivity contribution is 0.163. The smallest absolute Gasteiger partial charge is 0.211 e. The summed E-state index contributed by atoms with van der Waals surface area (Å²) in [6.07, 6.45) is 1.77. The first-order valence-corrected chi connectivity index (χ1v) is 9.62. The Morgan fingerprint density at radius 1 is 1.29 bits per heavy atom. The van der Waals surface area contributed by atoms with Gasteiger partial charge in [-0.1, -0.05) is 43.4 Å². The third-order valence-corrected chi connectivity index (χ3v) is 5.17. The van der Waals surface area contributed by atoms with Gasteiger partial charge in [0.15, 0.2) is 0 Å². The fourth-order valence-electron chi connectivity index (χ4n) is 1.87. The maximum Gasteiger partial charge on any atom is 0.211 e. The first-order chi connectivity index (χ1) is 7.62. The van der Waals surface area contributed by atoms with Crippen molar-refractivity contribution in [3.05, 3.63) is 0 Å². The van der Waals surface area contributed by atoms with E-state index in [4.69, 9.17) is 0 Å². The van der Waals surface area contributed by atoms with E-state index in [1.807, 2.05) is 45.2 Å². The lowest BCUT2D eigenvalue weighted by Crippen LogP contribution is -2.33. The molecule has 0 saturated carbocycles. The third-order valence-electron chi connectivity index (χ3n) is 3.35. The molecule has 0 aliphatic heterocycles. The van der Waals surface area contributed by atoms with Crippen LogP contribution in [0, 0.1) is 11.3 Å². The van der Waals surface area contributed by atoms with E-state index in [0.29, 0.717) is 12.3 Å². The lowest BCUT2D eigenvalue weighted by Gasteiger charge is -2.36. The van der Waals surface area contributed by atoms with Crippen molar-refractivity contribution < 1.29 is 4.39 Å². The molecule has 5 heteroatoms. The van der Waals surface area contributed by atoms with Crippen LogP contribution in [0.2, 0.25) is 0 Å². The molecule has 0 saturated heterocycles. The molecule has 1 atom stereocenters. The molecule has 0 radical (unpaired) electrons. The zero-order valence-corrected chi connectivity index (χ0v) is 17.5. The molecule has 0 N–H and O–H groups in total. The number of hydrogen-bond acceptors (Lipinski definition) is 1. The van der Waals surface area contributed by atoms with Crippen LogP contribution in [-0.4, -0.2) is 31.1 Å². The van der Waals surface area contributed by atoms with Gasteiger partial charge >= 0.3 is 0 Å². The number of rotatable bonds is 8. The predicted octanol–water partition coefficient (Wildman–Crippen LogP) is 5.29. The van der Waals surface area contributed by atoms with Gasteiger partial charge < -0.3 is 4.90 Å². The minimum absolute atomic E-state index is 0.0624. The summed E-state index contributed by atoms with van der Waals surface area (Å²) in [7, 11) is 2.15. The zero-order chi connectivity index (χ0) is 13.7. The highest BCUT2D eigenvalue weighted by Gasteiger charge is 2.36. The Labute approximate surface area is 146 Å². The van der Waals surface area contributed by atoms with Gasteiger partial charge in [0.1, 0.15) is 0 Å². The molecule has 0 spiro atoms. The van der Waals surface area contributed by atoms with E-state index in [0.717, 1.165) is 23.9 Å². The second kappa shape index (κ2) is 8.39. The predicted molar refractivity (Wildman–Crippen MR) is 100 cm³/mol. The quantitative estimate of drug-likeness (QED) is 0.279. The summed E-state index contributed by atoms with van der Waals surface area (Å²) in [6, 6.07) is 0. The molecule has 0 rings (SSSR count). The molecule has 0 aromatic rings. The SMILES string of the molecule is CCN(C)CCC(CI)C(C)(C)CC(F)(I)I. The molecule has 0 aromatic carbocycles. The number of nitrogens with zero attached hydrogens (tertiary/aromatic N) is 1. The average molecular weight is 581 g/mol. The normalized spacial score (nSPS) is 15.4. The van der Waals surface area contributed by atoms with E-state index in [1.165, 1.54) is 0 Å². The van der Waals surface area contributed by atoms with Gasteiger partial charge in [-0.15, -0.1) is 0 Å². The van der Waals surface area contributed by atoms with Gasteiger partial charge in [-0.2, -0.15) is 0 Å². The Morgan fingerprint density at radius 3 is 2.18 bits per heavy atom. The van der Waals surface area contributed by atoms with Crippen LogP contribution in [0.15, 0.2) is 0 Å². The highest BCUT2D eigenvalue weighted by Crippen LogP contribution is 2.45. The Bertz CT molecular complexity index is 216. The largest absolute Gasteiger partial charge is 0.307 e. The molecule has 0 aromatic heterocycles. The summed E-state index contributed by atoms with van der Waals surface area (Å²) < 4.78 is 13.8. The molecule has 0 aliphatic carbocycles. The molecular weight excluding hydrogens is 558 g/mol. The van der Waals surface area contributed by atoms with Crippen molar-refractivity contribution in [2.24, 2.45) is 11.3 Å². The van der Waals surface area contributed by atoms with E-state index < -0.39 is 1.68 Å². The lowest BCUT2D eigenvalue weighted by atomic mass is 9.76. The Hall–Kier alpha value is 2.08. The van der Waals surface area contributed by atoms with Crippen LogP contribution in [-0.2, 0) is 0 Å². The second-order valence-electron chi connectivity index (χ2n) is 5.32. The van der Waals surface area contributed by atoms with Crippen molar-refractivity contribution in [2.75, 3.05) is 24.6 Å². The maximum absolute atomic E-state index is 13.8. The van der Waals surface area contributed by atoms with E-state index in [2.05, 4.69) is 55.3 Å². The van der Waals surface area contributed by atoms with Crippen molar-refractivity contribution in [1.82, 2.24) is 4.90 Å². The van der Waals surface area contributed by atoms with Crippen LogP contribution >= 0.6 is 67.8 Å². The summed E-state index contributed by atoms with van der Waals surface area (Å²) in [4.78, 5) is 2.33. The molecule has 1 unspecified atom stereocenters. The maximum atomic E-state index is 13.8. The van der Waals surface area contributed by atoms with Gasteiger partial charge in [0, 0.05) is 10.8 Å². The summed E-state index contributed by atoms with van der Waals surface area (Å²) in [6.45, 7) is 8.77. The Balaban J connectivity index is 4.41. The highest BCUT2D eigenvalue weighted by atomic mass is 127. The van der Waals surface area contributed by atoms with E-state index in [9.17, 15) is 4.39 Å². The average Bonchev–Trinajstić information content (AvgIpc) is 2.14. The molecular formula is C12H23FI3N. The molecule has 104 valence electrons. The van der Waals surface area contributed by atoms with Crippen LogP contribution < -0.4 is 0 Å². The minimum atomic E-state index is -1.13. The summed E-state index contributed by atoms with van der Waals surface area (Å²) >= 11 is 6.25. The van der Waals surface area contributed by atoms with Gasteiger partial charge in [0.2, 0.25) is 1.68 Å². The Kier molecular flexibility index (Phi) is 9.41. The standard InChI is InChI=1S/C12H23FI3N/c1-5-17(4)7-6-10(8-14)11(2,3)9-12(13,15)16/h10H,5-9H2,1-4H3. The monoisotopic (exact) mass is 581 g/mol. The molecule has 1 nitrogen and oxygen atoms in total. The molecule has 0 bridgehead atoms. The van der Waals surface area contributed by atoms with Crippen LogP contribution in [0.4, 0.5) is 4.39 Å². The van der Waals surface area contributed by atoms with Gasteiger partial charge in [0.05, 0.1) is 0 Å². The zero-order valence-electron chi connectivity index (χ0n) is 11.1. The number of hydrogen-bond donors (Lipinski definition) is 0. The van der Waals surface area contributed by atoms with Gasteiger partial charge in [-0.05, 0) is 83.1 Å². The van der Waals surface area contributed by atoms with Gasteiger partial charge in [0.25, 0.3) is 0 Å².